The topological polar surface area (TPSA) is 56.8 Å². The van der Waals surface area contributed by atoms with Crippen molar-refractivity contribution in [2.24, 2.45) is 5.41 Å². The van der Waals surface area contributed by atoms with Gasteiger partial charge >= 0.3 is 0 Å². The fraction of sp³-hybridized carbons (Fsp3) is 0.406. The highest BCUT2D eigenvalue weighted by atomic mass is 19.1. The van der Waals surface area contributed by atoms with Gasteiger partial charge in [-0.25, -0.2) is 8.78 Å². The molecule has 6 nitrogen and oxygen atoms in total. The average Bonchev–Trinajstić information content (AvgIpc) is 3.41. The van der Waals surface area contributed by atoms with Crippen LogP contribution in [0.25, 0.3) is 0 Å². The molecule has 0 N–H and O–H groups in total. The van der Waals surface area contributed by atoms with Crippen LogP contribution in [0.15, 0.2) is 60.9 Å². The largest absolute Gasteiger partial charge is 0.371 e. The Hall–Kier alpha value is -3.81. The van der Waals surface area contributed by atoms with Crippen LogP contribution in [-0.4, -0.2) is 59.8 Å². The minimum absolute atomic E-state index is 0.00616. The van der Waals surface area contributed by atoms with E-state index in [9.17, 15) is 18.4 Å². The molecule has 0 bridgehead atoms. The second-order valence-corrected chi connectivity index (χ2v) is 11.5. The quantitative estimate of drug-likeness (QED) is 0.427. The van der Waals surface area contributed by atoms with Crippen LogP contribution in [0.2, 0.25) is 0 Å². The van der Waals surface area contributed by atoms with E-state index < -0.39 is 23.1 Å². The van der Waals surface area contributed by atoms with E-state index in [-0.39, 0.29) is 17.4 Å². The summed E-state index contributed by atoms with van der Waals surface area (Å²) in [5.74, 6) is -2.43. The van der Waals surface area contributed by atoms with Crippen molar-refractivity contribution in [3.8, 4) is 0 Å². The van der Waals surface area contributed by atoms with Crippen molar-refractivity contribution < 1.29 is 18.4 Å². The number of hydrogen-bond acceptors (Lipinski definition) is 4. The molecular formula is C32H34F2N4O2. The van der Waals surface area contributed by atoms with Gasteiger partial charge in [0.1, 0.15) is 17.2 Å². The summed E-state index contributed by atoms with van der Waals surface area (Å²) in [5.41, 5.74) is 3.52. The second-order valence-electron chi connectivity index (χ2n) is 11.5. The van der Waals surface area contributed by atoms with E-state index in [0.29, 0.717) is 12.0 Å². The number of piperidine rings is 2. The fourth-order valence-corrected chi connectivity index (χ4v) is 6.80. The number of fused-ring (bicyclic) bond motifs is 1. The Bertz CT molecular complexity index is 1390. The van der Waals surface area contributed by atoms with Crippen molar-refractivity contribution in [2.75, 3.05) is 38.1 Å². The standard InChI is InChI=1S/C32H34F2N4O2/c1-36(31(40)29-26(33)3-2-4-27(29)34)28-8-7-22-5-6-23(21-25(22)28)30(39)38-19-13-32(14-20-38)11-17-37(18-12-32)24-9-15-35-16-10-24/h2-6,9-10,15-16,21,28H,7-8,11-14,17-20H2,1H3. The van der Waals surface area contributed by atoms with Crippen molar-refractivity contribution >= 4 is 17.5 Å². The molecule has 3 aliphatic rings. The first-order chi connectivity index (χ1) is 19.3. The van der Waals surface area contributed by atoms with Gasteiger partial charge in [0.25, 0.3) is 11.8 Å². The second kappa shape index (κ2) is 10.6. The lowest BCUT2D eigenvalue weighted by Gasteiger charge is -2.47. The van der Waals surface area contributed by atoms with Crippen molar-refractivity contribution in [3.63, 3.8) is 0 Å². The molecule has 2 saturated heterocycles. The van der Waals surface area contributed by atoms with Crippen LogP contribution >= 0.6 is 0 Å². The molecule has 1 aliphatic carbocycles. The number of rotatable bonds is 4. The zero-order valence-corrected chi connectivity index (χ0v) is 22.8. The van der Waals surface area contributed by atoms with Crippen LogP contribution in [-0.2, 0) is 6.42 Å². The number of benzene rings is 2. The van der Waals surface area contributed by atoms with E-state index >= 15 is 0 Å². The van der Waals surface area contributed by atoms with Gasteiger partial charge in [0.05, 0.1) is 6.04 Å². The van der Waals surface area contributed by atoms with Crippen LogP contribution in [0.5, 0.6) is 0 Å². The monoisotopic (exact) mass is 544 g/mol. The molecule has 2 aliphatic heterocycles. The van der Waals surface area contributed by atoms with Gasteiger partial charge in [-0.2, -0.15) is 0 Å². The molecule has 2 aromatic carbocycles. The minimum Gasteiger partial charge on any atom is -0.371 e. The highest BCUT2D eigenvalue weighted by Gasteiger charge is 2.39. The summed E-state index contributed by atoms with van der Waals surface area (Å²) >= 11 is 0. The number of amides is 2. The Morgan fingerprint density at radius 1 is 0.925 bits per heavy atom. The van der Waals surface area contributed by atoms with Crippen molar-refractivity contribution in [2.45, 2.75) is 44.6 Å². The van der Waals surface area contributed by atoms with Gasteiger partial charge in [-0.3, -0.25) is 14.6 Å². The summed E-state index contributed by atoms with van der Waals surface area (Å²) in [7, 11) is 1.58. The third-order valence-electron chi connectivity index (χ3n) is 9.37. The lowest BCUT2D eigenvalue weighted by Crippen LogP contribution is -2.48. The maximum Gasteiger partial charge on any atom is 0.260 e. The molecule has 208 valence electrons. The molecule has 40 heavy (non-hydrogen) atoms. The summed E-state index contributed by atoms with van der Waals surface area (Å²) in [6.07, 6.45) is 9.32. The molecule has 3 aromatic rings. The number of likely N-dealkylation sites (tertiary alicyclic amines) is 1. The molecule has 2 amide bonds. The molecule has 1 spiro atoms. The summed E-state index contributed by atoms with van der Waals surface area (Å²) in [6.45, 7) is 3.51. The molecule has 1 unspecified atom stereocenters. The molecule has 1 aromatic heterocycles. The normalized spacial score (nSPS) is 19.9. The third-order valence-corrected chi connectivity index (χ3v) is 9.37. The zero-order valence-electron chi connectivity index (χ0n) is 22.8. The van der Waals surface area contributed by atoms with Crippen LogP contribution < -0.4 is 4.90 Å². The number of halogens is 2. The summed E-state index contributed by atoms with van der Waals surface area (Å²) < 4.78 is 28.6. The number of nitrogens with zero attached hydrogens (tertiary/aromatic N) is 4. The van der Waals surface area contributed by atoms with Gasteiger partial charge in [0, 0.05) is 56.9 Å². The number of carbonyl (C=O) groups is 2. The van der Waals surface area contributed by atoms with Crippen LogP contribution in [0, 0.1) is 17.0 Å². The van der Waals surface area contributed by atoms with E-state index in [1.165, 1.54) is 16.7 Å². The van der Waals surface area contributed by atoms with Crippen LogP contribution in [0.4, 0.5) is 14.5 Å². The van der Waals surface area contributed by atoms with E-state index in [0.717, 1.165) is 81.5 Å². The van der Waals surface area contributed by atoms with Gasteiger partial charge in [-0.1, -0.05) is 12.1 Å². The fourth-order valence-electron chi connectivity index (χ4n) is 6.80. The molecule has 3 heterocycles. The predicted octanol–water partition coefficient (Wildman–Crippen LogP) is 5.64. The smallest absolute Gasteiger partial charge is 0.260 e. The van der Waals surface area contributed by atoms with Gasteiger partial charge in [-0.15, -0.1) is 0 Å². The number of pyridine rings is 1. The van der Waals surface area contributed by atoms with Crippen LogP contribution in [0.1, 0.15) is 70.0 Å². The van der Waals surface area contributed by atoms with Crippen LogP contribution in [0.3, 0.4) is 0 Å². The number of carbonyl (C=O) groups excluding carboxylic acids is 2. The Morgan fingerprint density at radius 2 is 1.57 bits per heavy atom. The van der Waals surface area contributed by atoms with Crippen molar-refractivity contribution in [1.29, 1.82) is 0 Å². The molecule has 2 fully saturated rings. The molecule has 8 heteroatoms. The highest BCUT2D eigenvalue weighted by Crippen LogP contribution is 2.43. The molecular weight excluding hydrogens is 510 g/mol. The third kappa shape index (κ3) is 4.84. The molecule has 0 radical (unpaired) electrons. The number of aromatic nitrogens is 1. The maximum absolute atomic E-state index is 14.3. The first kappa shape index (κ1) is 26.4. The summed E-state index contributed by atoms with van der Waals surface area (Å²) in [6, 6.07) is 12.9. The van der Waals surface area contributed by atoms with Gasteiger partial charge < -0.3 is 14.7 Å². The first-order valence-electron chi connectivity index (χ1n) is 14.1. The minimum atomic E-state index is -0.870. The molecule has 1 atom stereocenters. The van der Waals surface area contributed by atoms with Crippen molar-refractivity contribution in [3.05, 3.63) is 94.8 Å². The SMILES string of the molecule is CN(C(=O)c1c(F)cccc1F)C1CCc2ccc(C(=O)N3CCC4(CC3)CCN(c3ccncc3)CC4)cc21. The molecule has 0 saturated carbocycles. The molecule has 6 rings (SSSR count). The lowest BCUT2D eigenvalue weighted by molar-refractivity contribution is 0.0515. The van der Waals surface area contributed by atoms with E-state index in [1.807, 2.05) is 35.5 Å². The maximum atomic E-state index is 14.3. The average molecular weight is 545 g/mol. The van der Waals surface area contributed by atoms with Gasteiger partial charge in [0.2, 0.25) is 0 Å². The van der Waals surface area contributed by atoms with E-state index in [4.69, 9.17) is 0 Å². The number of aryl methyl sites for hydroxylation is 1. The Balaban J connectivity index is 1.11. The number of hydrogen-bond donors (Lipinski definition) is 0. The number of anilines is 1. The first-order valence-corrected chi connectivity index (χ1v) is 14.1. The van der Waals surface area contributed by atoms with Crippen molar-refractivity contribution in [1.82, 2.24) is 14.8 Å². The van der Waals surface area contributed by atoms with E-state index in [1.54, 1.807) is 7.05 Å². The predicted molar refractivity (Wildman–Crippen MR) is 149 cm³/mol. The highest BCUT2D eigenvalue weighted by molar-refractivity contribution is 5.96. The Kier molecular flexibility index (Phi) is 7.02. The summed E-state index contributed by atoms with van der Waals surface area (Å²) in [4.78, 5) is 36.5. The zero-order chi connectivity index (χ0) is 27.9. The summed E-state index contributed by atoms with van der Waals surface area (Å²) in [5, 5.41) is 0. The van der Waals surface area contributed by atoms with Gasteiger partial charge in [-0.05, 0) is 91.5 Å². The van der Waals surface area contributed by atoms with Gasteiger partial charge in [0.15, 0.2) is 0 Å². The lowest BCUT2D eigenvalue weighted by atomic mass is 9.71. The van der Waals surface area contributed by atoms with E-state index in [2.05, 4.69) is 22.0 Å². The Morgan fingerprint density at radius 3 is 2.25 bits per heavy atom. The Labute approximate surface area is 233 Å².